The molecule has 2 fully saturated rings. The summed E-state index contributed by atoms with van der Waals surface area (Å²) in [4.78, 5) is 25.6. The molecule has 4 rings (SSSR count). The third-order valence-corrected chi connectivity index (χ3v) is 7.53. The largest absolute Gasteiger partial charge is 0.466 e. The number of nitrogens with one attached hydrogen (secondary N) is 2. The van der Waals surface area contributed by atoms with Gasteiger partial charge in [-0.25, -0.2) is 8.78 Å². The number of halogens is 4. The Balaban J connectivity index is 0.00000228. The van der Waals surface area contributed by atoms with E-state index in [1.165, 1.54) is 6.07 Å². The highest BCUT2D eigenvalue weighted by atomic mass is 35.5. The van der Waals surface area contributed by atoms with Crippen molar-refractivity contribution in [3.05, 3.63) is 58.7 Å². The molecule has 0 radical (unpaired) electrons. The van der Waals surface area contributed by atoms with Crippen LogP contribution >= 0.6 is 24.8 Å². The van der Waals surface area contributed by atoms with Gasteiger partial charge in [-0.3, -0.25) is 9.59 Å². The molecule has 1 heterocycles. The quantitative estimate of drug-likeness (QED) is 0.456. The van der Waals surface area contributed by atoms with Gasteiger partial charge in [-0.1, -0.05) is 32.0 Å². The second-order valence-electron chi connectivity index (χ2n) is 10.0. The maximum atomic E-state index is 15.1. The third kappa shape index (κ3) is 5.53. The predicted molar refractivity (Wildman–Crippen MR) is 140 cm³/mol. The Morgan fingerprint density at radius 1 is 1.17 bits per heavy atom. The normalized spacial score (nSPS) is 21.9. The van der Waals surface area contributed by atoms with Crippen molar-refractivity contribution >= 4 is 36.7 Å². The molecule has 0 bridgehead atoms. The first kappa shape index (κ1) is 30.0. The second kappa shape index (κ2) is 11.4. The Kier molecular flexibility index (Phi) is 9.54. The first-order chi connectivity index (χ1) is 16.1. The number of esters is 1. The van der Waals surface area contributed by atoms with Gasteiger partial charge >= 0.3 is 5.97 Å². The lowest BCUT2D eigenvalue weighted by molar-refractivity contribution is -0.143. The Hall–Kier alpha value is -2.22. The molecule has 0 spiro atoms. The molecule has 5 nitrogen and oxygen atoms in total. The van der Waals surface area contributed by atoms with Crippen LogP contribution in [0.3, 0.4) is 0 Å². The van der Waals surface area contributed by atoms with Crippen LogP contribution in [0.25, 0.3) is 11.1 Å². The number of aryl methyl sites for hydroxylation is 2. The van der Waals surface area contributed by atoms with E-state index in [-0.39, 0.29) is 60.6 Å². The molecule has 9 heteroatoms. The molecule has 2 aromatic carbocycles. The van der Waals surface area contributed by atoms with E-state index in [2.05, 4.69) is 24.5 Å². The highest BCUT2D eigenvalue weighted by Gasteiger charge is 2.65. The van der Waals surface area contributed by atoms with Gasteiger partial charge in [0.1, 0.15) is 0 Å². The van der Waals surface area contributed by atoms with Gasteiger partial charge in [-0.15, -0.1) is 24.8 Å². The molecule has 1 amide bonds. The average Bonchev–Trinajstić information content (AvgIpc) is 3.10. The number of carbonyl (C=O) groups excluding carboxylic acids is 2. The van der Waals surface area contributed by atoms with Crippen molar-refractivity contribution in [2.75, 3.05) is 13.2 Å². The van der Waals surface area contributed by atoms with Crippen LogP contribution in [0.5, 0.6) is 0 Å². The van der Waals surface area contributed by atoms with E-state index < -0.39 is 29.7 Å². The fourth-order valence-corrected chi connectivity index (χ4v) is 5.64. The zero-order valence-electron chi connectivity index (χ0n) is 21.1. The summed E-state index contributed by atoms with van der Waals surface area (Å²) in [5, 5.41) is 6.06. The van der Waals surface area contributed by atoms with Gasteiger partial charge < -0.3 is 15.4 Å². The highest BCUT2D eigenvalue weighted by Crippen LogP contribution is 2.62. The topological polar surface area (TPSA) is 67.4 Å². The lowest BCUT2D eigenvalue weighted by Crippen LogP contribution is -2.46. The first-order valence-electron chi connectivity index (χ1n) is 11.8. The van der Waals surface area contributed by atoms with Crippen molar-refractivity contribution in [1.82, 2.24) is 10.6 Å². The molecule has 36 heavy (non-hydrogen) atoms. The number of hydrogen-bond donors (Lipinski definition) is 2. The minimum atomic E-state index is -1.08. The van der Waals surface area contributed by atoms with Gasteiger partial charge in [0.25, 0.3) is 0 Å². The van der Waals surface area contributed by atoms with E-state index in [9.17, 15) is 14.0 Å². The molecule has 198 valence electrons. The number of carbonyl (C=O) groups is 2. The zero-order valence-corrected chi connectivity index (χ0v) is 22.7. The van der Waals surface area contributed by atoms with Crippen molar-refractivity contribution in [1.29, 1.82) is 0 Å². The fourth-order valence-electron chi connectivity index (χ4n) is 5.64. The van der Waals surface area contributed by atoms with Gasteiger partial charge in [0.05, 0.1) is 25.1 Å². The van der Waals surface area contributed by atoms with Gasteiger partial charge in [0, 0.05) is 5.56 Å². The van der Waals surface area contributed by atoms with Crippen LogP contribution in [0.15, 0.2) is 30.3 Å². The molecule has 0 unspecified atom stereocenters. The maximum Gasteiger partial charge on any atom is 0.308 e. The minimum Gasteiger partial charge on any atom is -0.466 e. The molecule has 2 N–H and O–H groups in total. The molecule has 1 saturated heterocycles. The SMILES string of the molecule is CCOC(=O)C[C@H](NC(=O)[C@H]1NC[C@H]2[C@@H]1C2(C)C)c1cc(-c2c(C)cccc2C)cc(F)c1F.Cl.Cl. The van der Waals surface area contributed by atoms with E-state index in [4.69, 9.17) is 4.74 Å². The summed E-state index contributed by atoms with van der Waals surface area (Å²) in [6.45, 7) is 10.6. The summed E-state index contributed by atoms with van der Waals surface area (Å²) in [6.07, 6.45) is -0.295. The van der Waals surface area contributed by atoms with E-state index in [0.717, 1.165) is 29.3 Å². The van der Waals surface area contributed by atoms with Crippen LogP contribution < -0.4 is 10.6 Å². The molecule has 2 aliphatic rings. The molecule has 2 aromatic rings. The number of ether oxygens (including phenoxy) is 1. The molecule has 4 atom stereocenters. The third-order valence-electron chi connectivity index (χ3n) is 7.53. The zero-order chi connectivity index (χ0) is 24.8. The van der Waals surface area contributed by atoms with Crippen LogP contribution in [0.4, 0.5) is 8.78 Å². The van der Waals surface area contributed by atoms with Gasteiger partial charge in [0.2, 0.25) is 5.91 Å². The number of rotatable bonds is 7. The van der Waals surface area contributed by atoms with Crippen molar-refractivity contribution in [3.8, 4) is 11.1 Å². The number of hydrogen-bond acceptors (Lipinski definition) is 4. The summed E-state index contributed by atoms with van der Waals surface area (Å²) >= 11 is 0. The number of amides is 1. The summed E-state index contributed by atoms with van der Waals surface area (Å²) in [7, 11) is 0. The lowest BCUT2D eigenvalue weighted by atomic mass is 9.92. The predicted octanol–water partition coefficient (Wildman–Crippen LogP) is 5.45. The van der Waals surface area contributed by atoms with Crippen LogP contribution in [0.2, 0.25) is 0 Å². The van der Waals surface area contributed by atoms with E-state index in [1.807, 2.05) is 32.0 Å². The first-order valence-corrected chi connectivity index (χ1v) is 11.8. The molecule has 1 saturated carbocycles. The van der Waals surface area contributed by atoms with Crippen LogP contribution in [-0.2, 0) is 14.3 Å². The summed E-state index contributed by atoms with van der Waals surface area (Å²) in [5.74, 6) is -2.42. The molecule has 1 aliphatic carbocycles. The molecule has 1 aliphatic heterocycles. The average molecular weight is 543 g/mol. The lowest BCUT2D eigenvalue weighted by Gasteiger charge is -2.24. The monoisotopic (exact) mass is 542 g/mol. The van der Waals surface area contributed by atoms with Crippen molar-refractivity contribution in [2.45, 2.75) is 53.1 Å². The fraction of sp³-hybridized carbons (Fsp3) is 0.481. The van der Waals surface area contributed by atoms with Gasteiger partial charge in [-0.05, 0) is 79.0 Å². The van der Waals surface area contributed by atoms with Gasteiger partial charge in [0.15, 0.2) is 11.6 Å². The van der Waals surface area contributed by atoms with E-state index in [1.54, 1.807) is 6.92 Å². The van der Waals surface area contributed by atoms with Crippen molar-refractivity contribution in [2.24, 2.45) is 17.3 Å². The Morgan fingerprint density at radius 2 is 1.81 bits per heavy atom. The number of piperidine rings is 1. The smallest absolute Gasteiger partial charge is 0.308 e. The summed E-state index contributed by atoms with van der Waals surface area (Å²) < 4.78 is 35.0. The van der Waals surface area contributed by atoms with Gasteiger partial charge in [-0.2, -0.15) is 0 Å². The molecular weight excluding hydrogens is 509 g/mol. The standard InChI is InChI=1S/C27H32F2N2O3.2ClH/c1-6-34-21(32)12-20(31-26(33)25-23-18(13-30-25)27(23,4)5)17-10-16(11-19(28)24(17)29)22-14(2)8-7-9-15(22)3;;/h7-11,18,20,23,25,30H,6,12-13H2,1-5H3,(H,31,33);2*1H/t18-,20-,23-,25-;;/m0../s1. The van der Waals surface area contributed by atoms with E-state index in [0.29, 0.717) is 11.5 Å². The highest BCUT2D eigenvalue weighted by molar-refractivity contribution is 5.86. The maximum absolute atomic E-state index is 15.1. The Morgan fingerprint density at radius 3 is 2.36 bits per heavy atom. The van der Waals surface area contributed by atoms with Crippen molar-refractivity contribution < 1.29 is 23.1 Å². The van der Waals surface area contributed by atoms with Crippen LogP contribution in [0.1, 0.15) is 49.9 Å². The second-order valence-corrected chi connectivity index (χ2v) is 10.0. The van der Waals surface area contributed by atoms with Crippen LogP contribution in [0, 0.1) is 42.7 Å². The summed E-state index contributed by atoms with van der Waals surface area (Å²) in [6, 6.07) is 6.91. The number of fused-ring (bicyclic) bond motifs is 1. The summed E-state index contributed by atoms with van der Waals surface area (Å²) in [5.41, 5.74) is 3.12. The Bertz CT molecular complexity index is 1120. The Labute approximate surface area is 223 Å². The number of benzene rings is 2. The molecular formula is C27H34Cl2F2N2O3. The van der Waals surface area contributed by atoms with Crippen LogP contribution in [-0.4, -0.2) is 31.1 Å². The van der Waals surface area contributed by atoms with Crippen molar-refractivity contribution in [3.63, 3.8) is 0 Å². The van der Waals surface area contributed by atoms with E-state index >= 15 is 4.39 Å². The molecule has 0 aromatic heterocycles. The minimum absolute atomic E-state index is 0.